The first-order valence-electron chi connectivity index (χ1n) is 7.85. The monoisotopic (exact) mass is 453 g/mol. The molecule has 0 bridgehead atoms. The van der Waals surface area contributed by atoms with Gasteiger partial charge in [-0.05, 0) is 40.2 Å². The molecule has 0 fully saturated rings. The Morgan fingerprint density at radius 3 is 2.54 bits per heavy atom. The number of aryl methyl sites for hydroxylation is 1. The Balaban J connectivity index is 1.93. The van der Waals surface area contributed by atoms with E-state index in [1.54, 1.807) is 36.1 Å². The highest BCUT2D eigenvalue weighted by molar-refractivity contribution is 9.10. The van der Waals surface area contributed by atoms with E-state index in [0.717, 1.165) is 27.9 Å². The van der Waals surface area contributed by atoms with Crippen molar-refractivity contribution in [2.45, 2.75) is 6.36 Å². The summed E-state index contributed by atoms with van der Waals surface area (Å²) < 4.78 is 44.2. The van der Waals surface area contributed by atoms with Crippen LogP contribution in [0.1, 0.15) is 10.4 Å². The zero-order valence-corrected chi connectivity index (χ0v) is 15.9. The number of carbonyl (C=O) groups is 1. The third-order valence-electron chi connectivity index (χ3n) is 3.77. The van der Waals surface area contributed by atoms with E-state index in [1.807, 2.05) is 6.07 Å². The first-order chi connectivity index (χ1) is 13.1. The average molecular weight is 454 g/mol. The summed E-state index contributed by atoms with van der Waals surface area (Å²) in [5.74, 6) is -2.00. The molecule has 6 nitrogen and oxygen atoms in total. The zero-order valence-electron chi connectivity index (χ0n) is 14.3. The summed E-state index contributed by atoms with van der Waals surface area (Å²) in [7, 11) is 1.79. The largest absolute Gasteiger partial charge is 0.573 e. The topological polar surface area (TPSA) is 80.0 Å². The van der Waals surface area contributed by atoms with Gasteiger partial charge >= 0.3 is 6.36 Å². The third kappa shape index (κ3) is 4.45. The number of aromatic nitrogens is 2. The zero-order chi connectivity index (χ0) is 20.5. The fourth-order valence-electron chi connectivity index (χ4n) is 2.64. The summed E-state index contributed by atoms with van der Waals surface area (Å²) in [4.78, 5) is 11.2. The van der Waals surface area contributed by atoms with Crippen molar-refractivity contribution in [3.63, 3.8) is 0 Å². The second-order valence-electron chi connectivity index (χ2n) is 5.76. The number of benzene rings is 2. The highest BCUT2D eigenvalue weighted by Crippen LogP contribution is 2.32. The molecule has 0 spiro atoms. The van der Waals surface area contributed by atoms with E-state index in [1.165, 1.54) is 6.07 Å². The van der Waals surface area contributed by atoms with Gasteiger partial charge in [0.2, 0.25) is 0 Å². The van der Waals surface area contributed by atoms with Crippen LogP contribution in [-0.2, 0) is 7.05 Å². The van der Waals surface area contributed by atoms with E-state index >= 15 is 0 Å². The predicted octanol–water partition coefficient (Wildman–Crippen LogP) is 4.91. The fraction of sp³-hybridized carbons (Fsp3) is 0.111. The minimum atomic E-state index is -4.98. The van der Waals surface area contributed by atoms with Crippen LogP contribution in [0, 0.1) is 0 Å². The number of nitrogens with zero attached hydrogens (tertiary/aromatic N) is 2. The van der Waals surface area contributed by atoms with E-state index in [0.29, 0.717) is 5.69 Å². The summed E-state index contributed by atoms with van der Waals surface area (Å²) in [6, 6.07) is 10.7. The Labute approximate surface area is 166 Å². The summed E-state index contributed by atoms with van der Waals surface area (Å²) in [6.07, 6.45) is -3.32. The van der Waals surface area contributed by atoms with Crippen molar-refractivity contribution < 1.29 is 22.7 Å². The van der Waals surface area contributed by atoms with Crippen molar-refractivity contribution in [1.29, 1.82) is 0 Å². The van der Waals surface area contributed by atoms with Gasteiger partial charge in [0.15, 0.2) is 0 Å². The number of carbonyl (C=O) groups excluding carboxylic acids is 1. The fourth-order valence-corrected chi connectivity index (χ4v) is 3.22. The number of amides is 1. The van der Waals surface area contributed by atoms with Gasteiger partial charge in [0.25, 0.3) is 5.91 Å². The van der Waals surface area contributed by atoms with Crippen molar-refractivity contribution >= 4 is 33.2 Å². The number of hydrogen-bond donors (Lipinski definition) is 1. The highest BCUT2D eigenvalue weighted by Gasteiger charge is 2.33. The maximum Gasteiger partial charge on any atom is 0.573 e. The molecule has 0 aliphatic carbocycles. The van der Waals surface area contributed by atoms with Crippen molar-refractivity contribution in [2.24, 2.45) is 7.05 Å². The Morgan fingerprint density at radius 1 is 1.21 bits per heavy atom. The van der Waals surface area contributed by atoms with E-state index in [9.17, 15) is 18.0 Å². The molecule has 2 aromatic carbocycles. The van der Waals surface area contributed by atoms with Gasteiger partial charge in [-0.2, -0.15) is 5.10 Å². The molecule has 0 atom stereocenters. The number of anilines is 2. The molecule has 1 aromatic heterocycles. The van der Waals surface area contributed by atoms with E-state index in [-0.39, 0.29) is 5.69 Å². The lowest BCUT2D eigenvalue weighted by Crippen LogP contribution is -2.19. The number of ether oxygens (including phenoxy) is 1. The summed E-state index contributed by atoms with van der Waals surface area (Å²) in [6.45, 7) is 0. The molecule has 0 saturated heterocycles. The molecule has 0 unspecified atom stereocenters. The van der Waals surface area contributed by atoms with Crippen LogP contribution in [0.4, 0.5) is 24.5 Å². The number of rotatable bonds is 5. The molecular weight excluding hydrogens is 441 g/mol. The quantitative estimate of drug-likeness (QED) is 0.594. The van der Waals surface area contributed by atoms with Crippen LogP contribution in [0.2, 0.25) is 0 Å². The smallest absolute Gasteiger partial charge is 0.405 e. The highest BCUT2D eigenvalue weighted by atomic mass is 79.9. The normalized spacial score (nSPS) is 11.3. The van der Waals surface area contributed by atoms with Gasteiger partial charge in [0.05, 0.1) is 21.9 Å². The van der Waals surface area contributed by atoms with Crippen LogP contribution in [0.25, 0.3) is 11.3 Å². The molecule has 0 saturated carbocycles. The van der Waals surface area contributed by atoms with Crippen LogP contribution < -0.4 is 15.8 Å². The van der Waals surface area contributed by atoms with Gasteiger partial charge in [-0.15, -0.1) is 13.2 Å². The van der Waals surface area contributed by atoms with Crippen LogP contribution >= 0.6 is 15.9 Å². The molecule has 3 rings (SSSR count). The Kier molecular flexibility index (Phi) is 5.32. The molecule has 1 amide bonds. The molecule has 2 N–H and O–H groups in total. The SMILES string of the molecule is Cn1ncc(Br)c1-c1cccc(Nc2ccc(C([NH])=O)c(OC(F)(F)F)c2)c1. The van der Waals surface area contributed by atoms with E-state index < -0.39 is 23.6 Å². The van der Waals surface area contributed by atoms with Gasteiger partial charge in [0.1, 0.15) is 5.75 Å². The van der Waals surface area contributed by atoms with Crippen LogP contribution in [0.5, 0.6) is 5.75 Å². The first kappa shape index (κ1) is 19.7. The number of nitrogens with one attached hydrogen (secondary N) is 2. The summed E-state index contributed by atoms with van der Waals surface area (Å²) in [5.41, 5.74) is 9.15. The van der Waals surface area contributed by atoms with Gasteiger partial charge in [-0.3, -0.25) is 15.2 Å². The maximum absolute atomic E-state index is 12.6. The Morgan fingerprint density at radius 2 is 1.93 bits per heavy atom. The molecule has 1 heterocycles. The molecule has 1 radical (unpaired) electrons. The Bertz CT molecular complexity index is 1010. The van der Waals surface area contributed by atoms with Crippen molar-refractivity contribution in [3.8, 4) is 17.0 Å². The average Bonchev–Trinajstić information content (AvgIpc) is 2.92. The lowest BCUT2D eigenvalue weighted by Gasteiger charge is -2.14. The molecule has 3 aromatic rings. The van der Waals surface area contributed by atoms with E-state index in [2.05, 4.69) is 31.1 Å². The lowest BCUT2D eigenvalue weighted by molar-refractivity contribution is -0.274. The van der Waals surface area contributed by atoms with E-state index in [4.69, 9.17) is 5.73 Å². The van der Waals surface area contributed by atoms with Crippen molar-refractivity contribution in [1.82, 2.24) is 15.5 Å². The first-order valence-corrected chi connectivity index (χ1v) is 8.64. The predicted molar refractivity (Wildman–Crippen MR) is 100 cm³/mol. The number of halogens is 4. The molecule has 28 heavy (non-hydrogen) atoms. The minimum Gasteiger partial charge on any atom is -0.405 e. The van der Waals surface area contributed by atoms with Gasteiger partial charge < -0.3 is 10.1 Å². The van der Waals surface area contributed by atoms with Gasteiger partial charge in [-0.1, -0.05) is 12.1 Å². The minimum absolute atomic E-state index is 0.269. The summed E-state index contributed by atoms with van der Waals surface area (Å²) >= 11 is 3.43. The lowest BCUT2D eigenvalue weighted by atomic mass is 10.1. The van der Waals surface area contributed by atoms with Crippen molar-refractivity contribution in [3.05, 3.63) is 58.7 Å². The third-order valence-corrected chi connectivity index (χ3v) is 4.35. The molecule has 145 valence electrons. The Hall–Kier alpha value is -3.01. The number of alkyl halides is 3. The summed E-state index contributed by atoms with van der Waals surface area (Å²) in [5, 5.41) is 7.13. The molecular formula is C18H13BrF3N4O2. The van der Waals surface area contributed by atoms with Gasteiger partial charge in [-0.25, -0.2) is 0 Å². The van der Waals surface area contributed by atoms with Crippen LogP contribution in [0.3, 0.4) is 0 Å². The van der Waals surface area contributed by atoms with Gasteiger partial charge in [0, 0.05) is 30.1 Å². The molecule has 10 heteroatoms. The standard InChI is InChI=1S/C18H13BrF3N4O2/c1-26-16(14(19)9-24-26)10-3-2-4-11(7-10)25-12-5-6-13(17(23)27)15(8-12)28-18(20,21)22/h2-9,23,25H,1H3. The molecule has 0 aliphatic rings. The van der Waals surface area contributed by atoms with Crippen molar-refractivity contribution in [2.75, 3.05) is 5.32 Å². The second kappa shape index (κ2) is 7.55. The second-order valence-corrected chi connectivity index (χ2v) is 6.61. The van der Waals surface area contributed by atoms with Crippen LogP contribution in [-0.4, -0.2) is 22.1 Å². The van der Waals surface area contributed by atoms with Crippen LogP contribution in [0.15, 0.2) is 53.1 Å². The maximum atomic E-state index is 12.6. The molecule has 0 aliphatic heterocycles. The number of hydrogen-bond acceptors (Lipinski definition) is 4.